The largest absolute Gasteiger partial charge is 0.469 e. The Morgan fingerprint density at radius 1 is 1.50 bits per heavy atom. The van der Waals surface area contributed by atoms with Gasteiger partial charge >= 0.3 is 6.03 Å². The molecule has 0 spiro atoms. The van der Waals surface area contributed by atoms with Gasteiger partial charge in [-0.3, -0.25) is 0 Å². The lowest BCUT2D eigenvalue weighted by molar-refractivity contribution is 0.202. The summed E-state index contributed by atoms with van der Waals surface area (Å²) in [7, 11) is 1.81. The van der Waals surface area contributed by atoms with Crippen molar-refractivity contribution in [2.45, 2.75) is 32.4 Å². The number of hydrogen-bond donors (Lipinski definition) is 1. The van der Waals surface area contributed by atoms with E-state index in [4.69, 9.17) is 4.42 Å². The average molecular weight is 292 g/mol. The molecule has 2 heterocycles. The van der Waals surface area contributed by atoms with E-state index in [0.29, 0.717) is 6.54 Å². The van der Waals surface area contributed by atoms with E-state index in [1.165, 1.54) is 0 Å². The fraction of sp³-hybridized carbons (Fsp3) is 0.400. The molecule has 108 valence electrons. The van der Waals surface area contributed by atoms with Crippen molar-refractivity contribution in [3.8, 4) is 0 Å². The molecule has 20 heavy (non-hydrogen) atoms. The molecule has 2 amide bonds. The van der Waals surface area contributed by atoms with E-state index in [-0.39, 0.29) is 12.1 Å². The molecule has 0 unspecified atom stereocenters. The van der Waals surface area contributed by atoms with Gasteiger partial charge in [-0.05, 0) is 47.9 Å². The first kappa shape index (κ1) is 14.7. The summed E-state index contributed by atoms with van der Waals surface area (Å²) in [6.45, 7) is 2.65. The first-order chi connectivity index (χ1) is 9.65. The number of aryl methyl sites for hydroxylation is 1. The van der Waals surface area contributed by atoms with Crippen molar-refractivity contribution in [1.82, 2.24) is 10.2 Å². The molecule has 4 nitrogen and oxygen atoms in total. The molecule has 0 saturated carbocycles. The van der Waals surface area contributed by atoms with E-state index < -0.39 is 0 Å². The lowest BCUT2D eigenvalue weighted by Crippen LogP contribution is -2.41. The van der Waals surface area contributed by atoms with Crippen molar-refractivity contribution < 1.29 is 9.21 Å². The van der Waals surface area contributed by atoms with Crippen LogP contribution in [0.4, 0.5) is 4.79 Å². The Balaban J connectivity index is 1.72. The van der Waals surface area contributed by atoms with Crippen molar-refractivity contribution in [3.63, 3.8) is 0 Å². The van der Waals surface area contributed by atoms with Crippen LogP contribution < -0.4 is 5.32 Å². The third-order valence-electron chi connectivity index (χ3n) is 3.12. The van der Waals surface area contributed by atoms with Gasteiger partial charge in [0.05, 0.1) is 6.26 Å². The summed E-state index contributed by atoms with van der Waals surface area (Å²) in [5, 5.41) is 7.08. The highest BCUT2D eigenvalue weighted by molar-refractivity contribution is 7.07. The van der Waals surface area contributed by atoms with Crippen LogP contribution in [0.25, 0.3) is 0 Å². The smallest absolute Gasteiger partial charge is 0.317 e. The Morgan fingerprint density at radius 3 is 3.00 bits per heavy atom. The van der Waals surface area contributed by atoms with E-state index in [2.05, 4.69) is 10.7 Å². The summed E-state index contributed by atoms with van der Waals surface area (Å²) in [6, 6.07) is 5.96. The van der Waals surface area contributed by atoms with Gasteiger partial charge in [0.2, 0.25) is 0 Å². The molecule has 0 aliphatic heterocycles. The minimum absolute atomic E-state index is 0.0388. The van der Waals surface area contributed by atoms with Crippen molar-refractivity contribution in [2.24, 2.45) is 0 Å². The van der Waals surface area contributed by atoms with Gasteiger partial charge in [-0.25, -0.2) is 4.79 Å². The first-order valence-corrected chi connectivity index (χ1v) is 7.64. The number of carbonyl (C=O) groups is 1. The zero-order valence-electron chi connectivity index (χ0n) is 11.8. The summed E-state index contributed by atoms with van der Waals surface area (Å²) in [6.07, 6.45) is 3.38. The Kier molecular flexibility index (Phi) is 5.24. The molecule has 1 atom stereocenters. The molecule has 0 saturated heterocycles. The predicted octanol–water partition coefficient (Wildman–Crippen LogP) is 3.50. The molecule has 0 aromatic carbocycles. The van der Waals surface area contributed by atoms with Crippen molar-refractivity contribution in [3.05, 3.63) is 46.5 Å². The topological polar surface area (TPSA) is 45.5 Å². The molecule has 0 radical (unpaired) electrons. The normalized spacial score (nSPS) is 12.1. The summed E-state index contributed by atoms with van der Waals surface area (Å²) < 4.78 is 5.28. The van der Waals surface area contributed by atoms with Crippen LogP contribution in [0.5, 0.6) is 0 Å². The Morgan fingerprint density at radius 2 is 2.35 bits per heavy atom. The lowest BCUT2D eigenvalue weighted by atomic mass is 10.1. The highest BCUT2D eigenvalue weighted by atomic mass is 32.1. The van der Waals surface area contributed by atoms with Gasteiger partial charge < -0.3 is 14.6 Å². The standard InChI is InChI=1S/C15H20N2O2S/c1-12(5-6-14-4-3-8-19-14)16-15(18)17(2)10-13-7-9-20-11-13/h3-4,7-9,11-12H,5-6,10H2,1-2H3,(H,16,18)/t12-/m1/s1. The third-order valence-corrected chi connectivity index (χ3v) is 3.85. The van der Waals surface area contributed by atoms with Crippen LogP contribution in [0, 0.1) is 0 Å². The van der Waals surface area contributed by atoms with Gasteiger partial charge in [0.15, 0.2) is 0 Å². The molecule has 0 aliphatic rings. The van der Waals surface area contributed by atoms with E-state index in [0.717, 1.165) is 24.2 Å². The van der Waals surface area contributed by atoms with Crippen LogP contribution in [0.15, 0.2) is 39.6 Å². The number of nitrogens with zero attached hydrogens (tertiary/aromatic N) is 1. The molecule has 1 N–H and O–H groups in total. The van der Waals surface area contributed by atoms with Crippen LogP contribution in [0.1, 0.15) is 24.7 Å². The number of rotatable bonds is 6. The monoisotopic (exact) mass is 292 g/mol. The van der Waals surface area contributed by atoms with Gasteiger partial charge in [0, 0.05) is 26.1 Å². The van der Waals surface area contributed by atoms with Crippen molar-refractivity contribution in [2.75, 3.05) is 7.05 Å². The third kappa shape index (κ3) is 4.42. The van der Waals surface area contributed by atoms with E-state index in [1.807, 2.05) is 37.6 Å². The Hall–Kier alpha value is -1.75. The number of furan rings is 1. The highest BCUT2D eigenvalue weighted by Crippen LogP contribution is 2.09. The minimum Gasteiger partial charge on any atom is -0.469 e. The fourth-order valence-corrected chi connectivity index (χ4v) is 2.59. The number of urea groups is 1. The maximum absolute atomic E-state index is 12.0. The highest BCUT2D eigenvalue weighted by Gasteiger charge is 2.12. The second-order valence-electron chi connectivity index (χ2n) is 4.96. The molecule has 2 rings (SSSR count). The maximum atomic E-state index is 12.0. The maximum Gasteiger partial charge on any atom is 0.317 e. The SMILES string of the molecule is C[C@H](CCc1ccco1)NC(=O)N(C)Cc1ccsc1. The number of hydrogen-bond acceptors (Lipinski definition) is 3. The predicted molar refractivity (Wildman–Crippen MR) is 80.8 cm³/mol. The van der Waals surface area contributed by atoms with Gasteiger partial charge in [-0.1, -0.05) is 0 Å². The molecular formula is C15H20N2O2S. The van der Waals surface area contributed by atoms with Crippen molar-refractivity contribution in [1.29, 1.82) is 0 Å². The van der Waals surface area contributed by atoms with Crippen molar-refractivity contribution >= 4 is 17.4 Å². The van der Waals surface area contributed by atoms with E-state index in [9.17, 15) is 4.79 Å². The molecular weight excluding hydrogens is 272 g/mol. The summed E-state index contributed by atoms with van der Waals surface area (Å²) >= 11 is 1.64. The Labute approximate surface area is 123 Å². The van der Waals surface area contributed by atoms with E-state index >= 15 is 0 Å². The molecule has 0 aliphatic carbocycles. The minimum atomic E-state index is -0.0388. The van der Waals surface area contributed by atoms with Gasteiger partial charge in [-0.2, -0.15) is 11.3 Å². The second-order valence-corrected chi connectivity index (χ2v) is 5.74. The summed E-state index contributed by atoms with van der Waals surface area (Å²) in [5.41, 5.74) is 1.16. The number of amides is 2. The van der Waals surface area contributed by atoms with Crippen LogP contribution in [-0.2, 0) is 13.0 Å². The van der Waals surface area contributed by atoms with Gasteiger partial charge in [0.25, 0.3) is 0 Å². The zero-order valence-corrected chi connectivity index (χ0v) is 12.7. The number of nitrogens with one attached hydrogen (secondary N) is 1. The number of thiophene rings is 1. The summed E-state index contributed by atoms with van der Waals surface area (Å²) in [4.78, 5) is 13.7. The Bertz CT molecular complexity index is 508. The summed E-state index contributed by atoms with van der Waals surface area (Å²) in [5.74, 6) is 0.956. The van der Waals surface area contributed by atoms with Gasteiger partial charge in [-0.15, -0.1) is 0 Å². The van der Waals surface area contributed by atoms with Crippen LogP contribution >= 0.6 is 11.3 Å². The molecule has 2 aromatic heterocycles. The first-order valence-electron chi connectivity index (χ1n) is 6.70. The average Bonchev–Trinajstić information content (AvgIpc) is 3.09. The van der Waals surface area contributed by atoms with Gasteiger partial charge in [0.1, 0.15) is 5.76 Å². The molecule has 5 heteroatoms. The molecule has 0 fully saturated rings. The van der Waals surface area contributed by atoms with Crippen LogP contribution in [0.3, 0.4) is 0 Å². The number of carbonyl (C=O) groups excluding carboxylic acids is 1. The molecule has 0 bridgehead atoms. The van der Waals surface area contributed by atoms with E-state index in [1.54, 1.807) is 22.5 Å². The molecule has 2 aromatic rings. The lowest BCUT2D eigenvalue weighted by Gasteiger charge is -2.20. The fourth-order valence-electron chi connectivity index (χ4n) is 1.94. The zero-order chi connectivity index (χ0) is 14.4. The second kappa shape index (κ2) is 7.14. The van der Waals surface area contributed by atoms with Crippen LogP contribution in [0.2, 0.25) is 0 Å². The quantitative estimate of drug-likeness (QED) is 0.885. The van der Waals surface area contributed by atoms with Crippen LogP contribution in [-0.4, -0.2) is 24.0 Å².